The van der Waals surface area contributed by atoms with Crippen molar-refractivity contribution in [2.45, 2.75) is 11.9 Å². The molecule has 6 aliphatic rings. The van der Waals surface area contributed by atoms with Crippen molar-refractivity contribution in [3.63, 3.8) is 0 Å². The Hall–Kier alpha value is -0.0231. The molecule has 6 heterocycles. The summed E-state index contributed by atoms with van der Waals surface area (Å²) in [5.74, 6) is -4.06. The molecule has 3 bridgehead atoms. The van der Waals surface area contributed by atoms with Crippen molar-refractivity contribution < 1.29 is 27.9 Å². The molecule has 0 saturated carbocycles. The number of rotatable bonds is 0. The molecule has 6 saturated heterocycles. The summed E-state index contributed by atoms with van der Waals surface area (Å²) in [4.78, 5) is 0. The van der Waals surface area contributed by atoms with Crippen molar-refractivity contribution in [2.75, 3.05) is 0 Å². The van der Waals surface area contributed by atoms with Crippen LogP contribution in [0, 0.1) is 0 Å². The predicted molar refractivity (Wildman–Crippen MR) is 20.0 cm³/mol. The molecule has 0 unspecified atom stereocenters. The maximum absolute atomic E-state index is 8.91. The van der Waals surface area contributed by atoms with Crippen LogP contribution in [0.3, 0.4) is 0 Å². The zero-order chi connectivity index (χ0) is 6.33. The lowest BCUT2D eigenvalue weighted by atomic mass is 10.5. The van der Waals surface area contributed by atoms with Crippen LogP contribution in [0.1, 0.15) is 0 Å². The van der Waals surface area contributed by atoms with Gasteiger partial charge in [0.25, 0.3) is 0 Å². The molecule has 0 aromatic carbocycles. The summed E-state index contributed by atoms with van der Waals surface area (Å²) in [6.45, 7) is 0. The quantitative estimate of drug-likeness (QED) is 0.382. The van der Waals surface area contributed by atoms with Gasteiger partial charge in [-0.1, -0.05) is 0 Å². The summed E-state index contributed by atoms with van der Waals surface area (Å²) in [6.07, 6.45) is 0. The first-order valence-electron chi connectivity index (χ1n) is 2.33. The summed E-state index contributed by atoms with van der Waals surface area (Å²) >= 11 is 0. The van der Waals surface area contributed by atoms with Gasteiger partial charge in [0.1, 0.15) is 0 Å². The fourth-order valence-electron chi connectivity index (χ4n) is 1.03. The molecule has 0 amide bonds. The van der Waals surface area contributed by atoms with Crippen LogP contribution in [0.5, 0.6) is 0 Å². The van der Waals surface area contributed by atoms with Crippen LogP contribution in [0.25, 0.3) is 0 Å². The summed E-state index contributed by atoms with van der Waals surface area (Å²) in [5.41, 5.74) is 0. The van der Waals surface area contributed by atoms with Gasteiger partial charge in [-0.25, -0.2) is 0 Å². The molecule has 0 aliphatic carbocycles. The van der Waals surface area contributed by atoms with Gasteiger partial charge in [-0.2, -0.15) is 0 Å². The first-order chi connectivity index (χ1) is 4.08. The van der Waals surface area contributed by atoms with E-state index in [0.29, 0.717) is 0 Å². The molecule has 1 spiro atoms. The molecule has 0 aromatic rings. The normalized spacial score (nSPS) is 75.3. The van der Waals surface area contributed by atoms with Crippen LogP contribution in [-0.2, 0) is 17.7 Å². The van der Waals surface area contributed by atoms with Crippen LogP contribution >= 0.6 is 0 Å². The van der Waals surface area contributed by atoms with Crippen LogP contribution in [0.4, 0.5) is 0 Å². The molecule has 6 fully saturated rings. The van der Waals surface area contributed by atoms with E-state index in [0.717, 1.165) is 0 Å². The second-order valence-corrected chi connectivity index (χ2v) is 3.89. The van der Waals surface area contributed by atoms with E-state index in [1.54, 1.807) is 0 Å². The SMILES string of the molecule is OC12O[Si]3(O1)OC2(O)O3. The standard InChI is InChI=1S/C2H2O6Si/c3-1-2(4)7-9(5-1,6-1)8-2/h3-4H. The minimum Gasteiger partial charge on any atom is -0.338 e. The molecule has 50 valence electrons. The highest BCUT2D eigenvalue weighted by Crippen LogP contribution is 2.62. The lowest BCUT2D eigenvalue weighted by Gasteiger charge is -2.28. The Morgan fingerprint density at radius 2 is 1.22 bits per heavy atom. The molecular formula is C2H2O6Si. The smallest absolute Gasteiger partial charge is 0.338 e. The van der Waals surface area contributed by atoms with Gasteiger partial charge in [0.15, 0.2) is 0 Å². The molecule has 6 nitrogen and oxygen atoms in total. The minimum atomic E-state index is -2.90. The second kappa shape index (κ2) is 0.804. The first-order valence-corrected chi connectivity index (χ1v) is 3.96. The van der Waals surface area contributed by atoms with Gasteiger partial charge in [0, 0.05) is 0 Å². The lowest BCUT2D eigenvalue weighted by Crippen LogP contribution is -2.57. The Morgan fingerprint density at radius 1 is 0.889 bits per heavy atom. The van der Waals surface area contributed by atoms with Crippen LogP contribution in [0.2, 0.25) is 0 Å². The van der Waals surface area contributed by atoms with Gasteiger partial charge in [0.2, 0.25) is 0 Å². The fraction of sp³-hybridized carbons (Fsp3) is 1.00. The second-order valence-electron chi connectivity index (χ2n) is 2.07. The fourth-order valence-corrected chi connectivity index (χ4v) is 3.10. The van der Waals surface area contributed by atoms with Crippen molar-refractivity contribution >= 4 is 9.05 Å². The molecule has 6 rings (SSSR count). The van der Waals surface area contributed by atoms with E-state index in [-0.39, 0.29) is 0 Å². The average molecular weight is 150 g/mol. The maximum Gasteiger partial charge on any atom is 0.696 e. The van der Waals surface area contributed by atoms with Gasteiger partial charge < -0.3 is 10.2 Å². The zero-order valence-corrected chi connectivity index (χ0v) is 5.03. The molecule has 9 heavy (non-hydrogen) atoms. The highest BCUT2D eigenvalue weighted by Gasteiger charge is 2.98. The van der Waals surface area contributed by atoms with Gasteiger partial charge in [-0.3, -0.25) is 17.7 Å². The predicted octanol–water partition coefficient (Wildman–Crippen LogP) is -2.18. The van der Waals surface area contributed by atoms with E-state index < -0.39 is 21.0 Å². The highest BCUT2D eigenvalue weighted by molar-refractivity contribution is 6.59. The van der Waals surface area contributed by atoms with E-state index in [4.69, 9.17) is 10.2 Å². The minimum absolute atomic E-state index is 2.03. The van der Waals surface area contributed by atoms with Crippen molar-refractivity contribution in [1.82, 2.24) is 0 Å². The Morgan fingerprint density at radius 3 is 1.33 bits per heavy atom. The largest absolute Gasteiger partial charge is 0.696 e. The Labute approximate surface area is 50.0 Å². The van der Waals surface area contributed by atoms with E-state index in [1.165, 1.54) is 0 Å². The van der Waals surface area contributed by atoms with Crippen LogP contribution < -0.4 is 0 Å². The van der Waals surface area contributed by atoms with Gasteiger partial charge >= 0.3 is 21.0 Å². The summed E-state index contributed by atoms with van der Waals surface area (Å²) in [7, 11) is -2.90. The molecule has 2 N–H and O–H groups in total. The monoisotopic (exact) mass is 150 g/mol. The summed E-state index contributed by atoms with van der Waals surface area (Å²) in [5, 5.41) is 17.8. The van der Waals surface area contributed by atoms with Crippen molar-refractivity contribution in [1.29, 1.82) is 0 Å². The third-order valence-electron chi connectivity index (χ3n) is 1.45. The molecular weight excluding hydrogens is 148 g/mol. The summed E-state index contributed by atoms with van der Waals surface area (Å²) < 4.78 is 18.3. The van der Waals surface area contributed by atoms with E-state index >= 15 is 0 Å². The molecule has 0 radical (unpaired) electrons. The summed E-state index contributed by atoms with van der Waals surface area (Å²) in [6, 6.07) is 0. The topological polar surface area (TPSA) is 77.4 Å². The van der Waals surface area contributed by atoms with Gasteiger partial charge in [-0.15, -0.1) is 0 Å². The number of hydrogen-bond acceptors (Lipinski definition) is 6. The molecule has 6 aliphatic heterocycles. The van der Waals surface area contributed by atoms with E-state index in [9.17, 15) is 0 Å². The molecule has 0 atom stereocenters. The molecule has 7 heteroatoms. The van der Waals surface area contributed by atoms with Crippen molar-refractivity contribution in [3.05, 3.63) is 0 Å². The van der Waals surface area contributed by atoms with Crippen LogP contribution in [-0.4, -0.2) is 31.2 Å². The van der Waals surface area contributed by atoms with Crippen molar-refractivity contribution in [2.24, 2.45) is 0 Å². The number of aliphatic hydroxyl groups is 2. The van der Waals surface area contributed by atoms with Crippen LogP contribution in [0.15, 0.2) is 0 Å². The van der Waals surface area contributed by atoms with Crippen molar-refractivity contribution in [3.8, 4) is 0 Å². The zero-order valence-electron chi connectivity index (χ0n) is 4.03. The number of hydrogen-bond donors (Lipinski definition) is 2. The Kier molecular flexibility index (Phi) is 0.423. The van der Waals surface area contributed by atoms with Gasteiger partial charge in [-0.05, 0) is 0 Å². The van der Waals surface area contributed by atoms with E-state index in [2.05, 4.69) is 17.7 Å². The Bertz CT molecular complexity index is 164. The third kappa shape index (κ3) is 0.262. The molecule has 0 aromatic heterocycles. The highest BCUT2D eigenvalue weighted by atomic mass is 28.4. The maximum atomic E-state index is 8.91. The van der Waals surface area contributed by atoms with E-state index in [1.807, 2.05) is 0 Å². The average Bonchev–Trinajstić information content (AvgIpc) is 1.90. The Balaban J connectivity index is 2.17. The van der Waals surface area contributed by atoms with Gasteiger partial charge in [0.05, 0.1) is 0 Å². The third-order valence-corrected chi connectivity index (χ3v) is 3.56. The first kappa shape index (κ1) is 4.74. The lowest BCUT2D eigenvalue weighted by molar-refractivity contribution is -0.412.